The molecule has 0 heterocycles. The van der Waals surface area contributed by atoms with Crippen LogP contribution in [-0.4, -0.2) is 24.4 Å². The van der Waals surface area contributed by atoms with Gasteiger partial charge in [0.2, 0.25) is 5.91 Å². The van der Waals surface area contributed by atoms with Gasteiger partial charge in [-0.3, -0.25) is 4.79 Å². The first-order valence-corrected chi connectivity index (χ1v) is 12.3. The fraction of sp³-hybridized carbons (Fsp3) is 0.414. The second-order valence-corrected chi connectivity index (χ2v) is 9.03. The third-order valence-corrected chi connectivity index (χ3v) is 6.10. The lowest BCUT2D eigenvalue weighted by Crippen LogP contribution is -2.29. The molecule has 0 radical (unpaired) electrons. The van der Waals surface area contributed by atoms with E-state index in [1.54, 1.807) is 6.08 Å². The van der Waals surface area contributed by atoms with Crippen LogP contribution in [-0.2, 0) is 11.3 Å². The van der Waals surface area contributed by atoms with Crippen molar-refractivity contribution >= 4 is 23.4 Å². The van der Waals surface area contributed by atoms with E-state index in [2.05, 4.69) is 42.9 Å². The van der Waals surface area contributed by atoms with Gasteiger partial charge in [-0.2, -0.15) is 0 Å². The van der Waals surface area contributed by atoms with Crippen molar-refractivity contribution in [2.24, 2.45) is 11.8 Å². The molecule has 0 aliphatic heterocycles. The first-order valence-electron chi connectivity index (χ1n) is 12.3. The number of hydrogen-bond donors (Lipinski definition) is 2. The third kappa shape index (κ3) is 8.79. The highest BCUT2D eigenvalue weighted by Gasteiger charge is 2.23. The Morgan fingerprint density at radius 2 is 1.85 bits per heavy atom. The summed E-state index contributed by atoms with van der Waals surface area (Å²) in [6, 6.07) is 12.1. The molecule has 34 heavy (non-hydrogen) atoms. The lowest BCUT2D eigenvalue weighted by Gasteiger charge is -2.32. The van der Waals surface area contributed by atoms with Gasteiger partial charge in [0, 0.05) is 19.2 Å². The summed E-state index contributed by atoms with van der Waals surface area (Å²) in [5, 5.41) is 2.66. The van der Waals surface area contributed by atoms with Gasteiger partial charge in [-0.05, 0) is 73.5 Å². The monoisotopic (exact) mass is 465 g/mol. The molecule has 2 aromatic carbocycles. The van der Waals surface area contributed by atoms with Crippen LogP contribution in [0.15, 0.2) is 60.7 Å². The summed E-state index contributed by atoms with van der Waals surface area (Å²) in [6.07, 6.45) is 8.08. The van der Waals surface area contributed by atoms with Gasteiger partial charge < -0.3 is 16.0 Å². The number of halogens is 1. The van der Waals surface area contributed by atoms with Crippen molar-refractivity contribution in [1.29, 1.82) is 0 Å². The molecular formula is C29H40FN3O. The van der Waals surface area contributed by atoms with Crippen molar-refractivity contribution in [3.8, 4) is 0 Å². The number of amides is 1. The van der Waals surface area contributed by atoms with Crippen molar-refractivity contribution < 1.29 is 9.18 Å². The van der Waals surface area contributed by atoms with Crippen LogP contribution >= 0.6 is 0 Å². The number of nitrogens with zero attached hydrogens (tertiary/aromatic N) is 1. The van der Waals surface area contributed by atoms with Crippen LogP contribution in [0.2, 0.25) is 0 Å². The Hall–Kier alpha value is -2.92. The fourth-order valence-electron chi connectivity index (χ4n) is 4.53. The van der Waals surface area contributed by atoms with Crippen molar-refractivity contribution in [1.82, 2.24) is 4.90 Å². The normalized spacial score (nSPS) is 18.0. The predicted octanol–water partition coefficient (Wildman–Crippen LogP) is 6.90. The number of benzene rings is 2. The van der Waals surface area contributed by atoms with Gasteiger partial charge in [-0.25, -0.2) is 4.39 Å². The molecule has 0 saturated heterocycles. The highest BCUT2D eigenvalue weighted by molar-refractivity contribution is 6.03. The number of rotatable bonds is 8. The lowest BCUT2D eigenvalue weighted by atomic mass is 9.77. The Morgan fingerprint density at radius 1 is 1.18 bits per heavy atom. The van der Waals surface area contributed by atoms with Gasteiger partial charge in [0.05, 0.1) is 11.4 Å². The Balaban J connectivity index is 0.00000199. The molecule has 1 aliphatic carbocycles. The molecule has 2 unspecified atom stereocenters. The second kappa shape index (κ2) is 13.7. The number of anilines is 2. The fourth-order valence-corrected chi connectivity index (χ4v) is 4.53. The van der Waals surface area contributed by atoms with E-state index in [-0.39, 0.29) is 11.6 Å². The zero-order valence-corrected chi connectivity index (χ0v) is 21.1. The maximum atomic E-state index is 13.1. The van der Waals surface area contributed by atoms with E-state index in [0.29, 0.717) is 11.6 Å². The van der Waals surface area contributed by atoms with Gasteiger partial charge >= 0.3 is 0 Å². The van der Waals surface area contributed by atoms with Crippen molar-refractivity contribution in [3.63, 3.8) is 0 Å². The molecule has 3 N–H and O–H groups in total. The van der Waals surface area contributed by atoms with Crippen molar-refractivity contribution in [2.45, 2.75) is 53.0 Å². The number of nitrogens with one attached hydrogen (secondary N) is 1. The highest BCUT2D eigenvalue weighted by atomic mass is 19.1. The molecule has 0 aromatic heterocycles. The average Bonchev–Trinajstić information content (AvgIpc) is 2.81. The van der Waals surface area contributed by atoms with Crippen LogP contribution in [0.25, 0.3) is 6.08 Å². The molecule has 1 fully saturated rings. The van der Waals surface area contributed by atoms with Crippen LogP contribution in [0, 0.1) is 17.7 Å². The standard InChI is InChI=1S/C27H34FN3O.C2H6/c1-4-20-13-19(2)14-23(15-20)18-31(3)17-22-7-5-21(6-8-22)9-12-27(32)30-26-11-10-24(28)16-25(26)29;1-2/h5-12,16,20,23H,2,4,13-15,17-18,29H2,1,3H3,(H,30,32);1-2H3/b12-9+;. The Bertz CT molecular complexity index is 968. The molecular weight excluding hydrogens is 425 g/mol. The Morgan fingerprint density at radius 3 is 2.50 bits per heavy atom. The first-order chi connectivity index (χ1) is 16.3. The summed E-state index contributed by atoms with van der Waals surface area (Å²) in [6.45, 7) is 12.5. The van der Waals surface area contributed by atoms with E-state index in [9.17, 15) is 9.18 Å². The molecule has 4 nitrogen and oxygen atoms in total. The van der Waals surface area contributed by atoms with E-state index < -0.39 is 5.82 Å². The number of carbonyl (C=O) groups excluding carboxylic acids is 1. The molecule has 1 saturated carbocycles. The van der Waals surface area contributed by atoms with E-state index >= 15 is 0 Å². The van der Waals surface area contributed by atoms with E-state index in [0.717, 1.165) is 31.0 Å². The maximum absolute atomic E-state index is 13.1. The minimum Gasteiger partial charge on any atom is -0.397 e. The minimum atomic E-state index is -0.434. The Kier molecular flexibility index (Phi) is 11.0. The summed E-state index contributed by atoms with van der Waals surface area (Å²) >= 11 is 0. The van der Waals surface area contributed by atoms with Gasteiger partial charge in [0.15, 0.2) is 0 Å². The molecule has 2 aromatic rings. The van der Waals surface area contributed by atoms with Crippen LogP contribution in [0.3, 0.4) is 0 Å². The summed E-state index contributed by atoms with van der Waals surface area (Å²) in [5.74, 6) is 0.738. The SMILES string of the molecule is C=C1CC(CC)CC(CN(C)Cc2ccc(/C=C/C(=O)Nc3ccc(F)cc3N)cc2)C1.CC. The summed E-state index contributed by atoms with van der Waals surface area (Å²) in [4.78, 5) is 14.5. The third-order valence-electron chi connectivity index (χ3n) is 6.10. The number of hydrogen-bond acceptors (Lipinski definition) is 3. The average molecular weight is 466 g/mol. The lowest BCUT2D eigenvalue weighted by molar-refractivity contribution is -0.111. The number of nitrogen functional groups attached to an aromatic ring is 1. The van der Waals surface area contributed by atoms with Gasteiger partial charge in [-0.15, -0.1) is 0 Å². The Labute approximate surface area is 204 Å². The molecule has 5 heteroatoms. The van der Waals surface area contributed by atoms with Gasteiger partial charge in [-0.1, -0.05) is 63.6 Å². The first kappa shape index (κ1) is 27.3. The van der Waals surface area contributed by atoms with Crippen LogP contribution < -0.4 is 11.1 Å². The maximum Gasteiger partial charge on any atom is 0.248 e. The predicted molar refractivity (Wildman–Crippen MR) is 143 cm³/mol. The van der Waals surface area contributed by atoms with Gasteiger partial charge in [0.25, 0.3) is 0 Å². The highest BCUT2D eigenvalue weighted by Crippen LogP contribution is 2.34. The minimum absolute atomic E-state index is 0.197. The van der Waals surface area contributed by atoms with E-state index in [1.807, 2.05) is 26.0 Å². The van der Waals surface area contributed by atoms with E-state index in [4.69, 9.17) is 5.73 Å². The van der Waals surface area contributed by atoms with Crippen LogP contribution in [0.1, 0.15) is 57.6 Å². The van der Waals surface area contributed by atoms with Crippen LogP contribution in [0.4, 0.5) is 15.8 Å². The number of nitrogens with two attached hydrogens (primary N) is 1. The summed E-state index contributed by atoms with van der Waals surface area (Å²) in [5.41, 5.74) is 9.91. The molecule has 1 aliphatic rings. The number of allylic oxidation sites excluding steroid dienone is 1. The summed E-state index contributed by atoms with van der Waals surface area (Å²) in [7, 11) is 2.18. The quantitative estimate of drug-likeness (QED) is 0.253. The van der Waals surface area contributed by atoms with Gasteiger partial charge in [0.1, 0.15) is 5.82 Å². The smallest absolute Gasteiger partial charge is 0.248 e. The molecule has 0 spiro atoms. The molecule has 1 amide bonds. The largest absolute Gasteiger partial charge is 0.397 e. The second-order valence-electron chi connectivity index (χ2n) is 9.03. The molecule has 184 valence electrons. The topological polar surface area (TPSA) is 58.4 Å². The zero-order valence-electron chi connectivity index (χ0n) is 21.1. The number of carbonyl (C=O) groups is 1. The van der Waals surface area contributed by atoms with E-state index in [1.165, 1.54) is 54.7 Å². The zero-order chi connectivity index (χ0) is 25.1. The van der Waals surface area contributed by atoms with Crippen molar-refractivity contribution in [2.75, 3.05) is 24.6 Å². The molecule has 2 atom stereocenters. The van der Waals surface area contributed by atoms with Crippen LogP contribution in [0.5, 0.6) is 0 Å². The molecule has 3 rings (SSSR count). The van der Waals surface area contributed by atoms with Crippen molar-refractivity contribution in [3.05, 3.63) is 77.6 Å². The summed E-state index contributed by atoms with van der Waals surface area (Å²) < 4.78 is 13.1. The molecule has 0 bridgehead atoms.